The Morgan fingerprint density at radius 1 is 1.29 bits per heavy atom. The van der Waals surface area contributed by atoms with E-state index in [4.69, 9.17) is 11.6 Å². The van der Waals surface area contributed by atoms with Crippen LogP contribution in [0.4, 0.5) is 18.9 Å². The molecule has 0 amide bonds. The van der Waals surface area contributed by atoms with Gasteiger partial charge in [0.1, 0.15) is 11.5 Å². The molecule has 3 rings (SSSR count). The molecule has 1 aromatic carbocycles. The van der Waals surface area contributed by atoms with Gasteiger partial charge in [-0.05, 0) is 30.3 Å². The number of nitrogens with zero attached hydrogens (tertiary/aromatic N) is 3. The molecule has 1 aliphatic heterocycles. The Kier molecular flexibility index (Phi) is 5.30. The minimum absolute atomic E-state index is 0.177. The van der Waals surface area contributed by atoms with Crippen LogP contribution < -0.4 is 5.32 Å². The van der Waals surface area contributed by atoms with Crippen molar-refractivity contribution < 1.29 is 13.2 Å². The number of likely N-dealkylation sites (N-methyl/N-ethyl adjacent to an activating group) is 1. The molecule has 0 fully saturated rings. The SMILES string of the molecule is C=C(Nc1ccc(-c2cc(C(C)(F)F)nn2C)c(F)c1)C1=C(Cl)C=CCN1C. The Labute approximate surface area is 166 Å². The number of aromatic nitrogens is 2. The largest absolute Gasteiger partial charge is 0.368 e. The quantitative estimate of drug-likeness (QED) is 0.736. The van der Waals surface area contributed by atoms with Crippen molar-refractivity contribution in [2.75, 3.05) is 18.9 Å². The maximum absolute atomic E-state index is 14.7. The number of hydrogen-bond donors (Lipinski definition) is 1. The van der Waals surface area contributed by atoms with E-state index in [1.807, 2.05) is 18.0 Å². The molecule has 0 bridgehead atoms. The third-order valence-corrected chi connectivity index (χ3v) is 4.71. The van der Waals surface area contributed by atoms with E-state index in [1.165, 1.54) is 29.9 Å². The number of aryl methyl sites for hydroxylation is 1. The summed E-state index contributed by atoms with van der Waals surface area (Å²) in [5.74, 6) is -3.66. The van der Waals surface area contributed by atoms with Gasteiger partial charge in [-0.2, -0.15) is 13.9 Å². The van der Waals surface area contributed by atoms with Gasteiger partial charge in [-0.1, -0.05) is 24.3 Å². The highest BCUT2D eigenvalue weighted by Gasteiger charge is 2.29. The fraction of sp³-hybridized carbons (Fsp3) is 0.250. The van der Waals surface area contributed by atoms with Gasteiger partial charge in [0.05, 0.1) is 22.1 Å². The van der Waals surface area contributed by atoms with Crippen LogP contribution in [0.15, 0.2) is 59.4 Å². The van der Waals surface area contributed by atoms with Crippen molar-refractivity contribution in [1.29, 1.82) is 0 Å². The van der Waals surface area contributed by atoms with Crippen LogP contribution in [0.2, 0.25) is 0 Å². The molecule has 8 heteroatoms. The number of rotatable bonds is 5. The van der Waals surface area contributed by atoms with Crippen molar-refractivity contribution in [2.45, 2.75) is 12.8 Å². The van der Waals surface area contributed by atoms with Crippen LogP contribution in [0, 0.1) is 5.82 Å². The first-order chi connectivity index (χ1) is 13.1. The number of halogens is 4. The van der Waals surface area contributed by atoms with Crippen molar-refractivity contribution in [3.05, 3.63) is 70.9 Å². The molecular formula is C20H20ClF3N4. The first-order valence-corrected chi connectivity index (χ1v) is 8.91. The van der Waals surface area contributed by atoms with E-state index in [9.17, 15) is 13.2 Å². The van der Waals surface area contributed by atoms with Crippen LogP contribution in [-0.4, -0.2) is 28.3 Å². The molecule has 2 heterocycles. The summed E-state index contributed by atoms with van der Waals surface area (Å²) in [5, 5.41) is 7.36. The number of hydrogen-bond acceptors (Lipinski definition) is 3. The summed E-state index contributed by atoms with van der Waals surface area (Å²) < 4.78 is 42.9. The highest BCUT2D eigenvalue weighted by Crippen LogP contribution is 2.32. The van der Waals surface area contributed by atoms with Crippen molar-refractivity contribution in [1.82, 2.24) is 14.7 Å². The van der Waals surface area contributed by atoms with Gasteiger partial charge in [0.15, 0.2) is 0 Å². The van der Waals surface area contributed by atoms with Crippen LogP contribution in [0.3, 0.4) is 0 Å². The lowest BCUT2D eigenvalue weighted by Gasteiger charge is -2.27. The summed E-state index contributed by atoms with van der Waals surface area (Å²) in [6, 6.07) is 5.64. The normalized spacial score (nSPS) is 14.6. The Morgan fingerprint density at radius 3 is 2.57 bits per heavy atom. The zero-order chi connectivity index (χ0) is 20.6. The van der Waals surface area contributed by atoms with Crippen LogP contribution in [0.1, 0.15) is 12.6 Å². The number of anilines is 1. The molecule has 4 nitrogen and oxygen atoms in total. The van der Waals surface area contributed by atoms with E-state index in [0.717, 1.165) is 12.6 Å². The predicted molar refractivity (Wildman–Crippen MR) is 106 cm³/mol. The summed E-state index contributed by atoms with van der Waals surface area (Å²) in [6.07, 6.45) is 3.71. The topological polar surface area (TPSA) is 33.1 Å². The smallest absolute Gasteiger partial charge is 0.288 e. The molecule has 1 N–H and O–H groups in total. The van der Waals surface area contributed by atoms with Crippen molar-refractivity contribution in [3.63, 3.8) is 0 Å². The van der Waals surface area contributed by atoms with E-state index in [2.05, 4.69) is 17.0 Å². The summed E-state index contributed by atoms with van der Waals surface area (Å²) in [7, 11) is 3.38. The van der Waals surface area contributed by atoms with Gasteiger partial charge in [-0.15, -0.1) is 0 Å². The number of nitrogens with one attached hydrogen (secondary N) is 1. The zero-order valence-corrected chi connectivity index (χ0v) is 16.5. The van der Waals surface area contributed by atoms with Gasteiger partial charge in [0.2, 0.25) is 0 Å². The highest BCUT2D eigenvalue weighted by molar-refractivity contribution is 6.31. The van der Waals surface area contributed by atoms with Crippen molar-refractivity contribution >= 4 is 17.3 Å². The van der Waals surface area contributed by atoms with Gasteiger partial charge < -0.3 is 10.2 Å². The molecule has 0 radical (unpaired) electrons. The molecule has 0 atom stereocenters. The molecule has 1 aromatic heterocycles. The molecule has 0 unspecified atom stereocenters. The molecule has 0 saturated carbocycles. The minimum atomic E-state index is -3.10. The average Bonchev–Trinajstić information content (AvgIpc) is 2.97. The second kappa shape index (κ2) is 7.39. The second-order valence-corrected chi connectivity index (χ2v) is 7.11. The van der Waals surface area contributed by atoms with E-state index in [-0.39, 0.29) is 11.3 Å². The summed E-state index contributed by atoms with van der Waals surface area (Å²) in [5.41, 5.74) is 1.75. The van der Waals surface area contributed by atoms with Gasteiger partial charge in [0, 0.05) is 38.8 Å². The summed E-state index contributed by atoms with van der Waals surface area (Å²) >= 11 is 6.24. The second-order valence-electron chi connectivity index (χ2n) is 6.70. The van der Waals surface area contributed by atoms with Crippen LogP contribution in [0.5, 0.6) is 0 Å². The third kappa shape index (κ3) is 3.94. The molecule has 0 saturated heterocycles. The minimum Gasteiger partial charge on any atom is -0.368 e. The lowest BCUT2D eigenvalue weighted by molar-refractivity contribution is 0.0122. The maximum Gasteiger partial charge on any atom is 0.288 e. The molecular weight excluding hydrogens is 389 g/mol. The Balaban J connectivity index is 1.87. The monoisotopic (exact) mass is 408 g/mol. The first kappa shape index (κ1) is 20.1. The zero-order valence-electron chi connectivity index (χ0n) is 15.7. The Morgan fingerprint density at radius 2 is 2.00 bits per heavy atom. The fourth-order valence-electron chi connectivity index (χ4n) is 3.01. The van der Waals surface area contributed by atoms with Crippen LogP contribution in [-0.2, 0) is 13.0 Å². The van der Waals surface area contributed by atoms with Crippen molar-refractivity contribution in [3.8, 4) is 11.3 Å². The van der Waals surface area contributed by atoms with Gasteiger partial charge >= 0.3 is 0 Å². The molecule has 0 aliphatic carbocycles. The van der Waals surface area contributed by atoms with Crippen LogP contribution >= 0.6 is 11.6 Å². The summed E-state index contributed by atoms with van der Waals surface area (Å²) in [6.45, 7) is 5.42. The lowest BCUT2D eigenvalue weighted by Crippen LogP contribution is -2.24. The van der Waals surface area contributed by atoms with E-state index in [0.29, 0.717) is 23.0 Å². The van der Waals surface area contributed by atoms with Crippen molar-refractivity contribution in [2.24, 2.45) is 7.05 Å². The summed E-state index contributed by atoms with van der Waals surface area (Å²) in [4.78, 5) is 1.92. The van der Waals surface area contributed by atoms with E-state index >= 15 is 0 Å². The van der Waals surface area contributed by atoms with Gasteiger partial charge in [-0.3, -0.25) is 4.68 Å². The number of benzene rings is 1. The number of alkyl halides is 2. The molecule has 1 aliphatic rings. The molecule has 2 aromatic rings. The first-order valence-electron chi connectivity index (χ1n) is 8.54. The van der Waals surface area contributed by atoms with E-state index in [1.54, 1.807) is 12.1 Å². The van der Waals surface area contributed by atoms with Gasteiger partial charge in [0.25, 0.3) is 5.92 Å². The molecule has 28 heavy (non-hydrogen) atoms. The van der Waals surface area contributed by atoms with E-state index < -0.39 is 17.4 Å². The van der Waals surface area contributed by atoms with Crippen LogP contribution in [0.25, 0.3) is 11.3 Å². The lowest BCUT2D eigenvalue weighted by atomic mass is 10.1. The third-order valence-electron chi connectivity index (χ3n) is 4.41. The average molecular weight is 409 g/mol. The predicted octanol–water partition coefficient (Wildman–Crippen LogP) is 5.22. The number of allylic oxidation sites excluding steroid dienone is 2. The fourth-order valence-corrected chi connectivity index (χ4v) is 3.36. The molecule has 148 valence electrons. The Hall–Kier alpha value is -2.67. The van der Waals surface area contributed by atoms with Gasteiger partial charge in [-0.25, -0.2) is 4.39 Å². The molecule has 0 spiro atoms. The maximum atomic E-state index is 14.7. The highest BCUT2D eigenvalue weighted by atomic mass is 35.5. The standard InChI is InChI=1S/C20H20ClF3N4/c1-12(19-15(21)6-5-9-27(19)3)25-13-7-8-14(16(22)10-13)17-11-18(20(2,23)24)26-28(17)4/h5-8,10-11,25H,1,9H2,2-4H3. The Bertz CT molecular complexity index is 986.